The molecular weight excluding hydrogens is 310 g/mol. The highest BCUT2D eigenvalue weighted by atomic mass is 32.1. The topological polar surface area (TPSA) is 58.4 Å². The molecule has 5 nitrogen and oxygen atoms in total. The molecule has 6 heteroatoms. The van der Waals surface area contributed by atoms with E-state index in [0.29, 0.717) is 12.1 Å². The lowest BCUT2D eigenvalue weighted by Crippen LogP contribution is -2.42. The lowest BCUT2D eigenvalue weighted by atomic mass is 10.1. The average Bonchev–Trinajstić information content (AvgIpc) is 3.21. The number of para-hydroxylation sites is 1. The van der Waals surface area contributed by atoms with Gasteiger partial charge in [-0.25, -0.2) is 4.98 Å². The summed E-state index contributed by atoms with van der Waals surface area (Å²) in [5.74, 6) is 0.725. The van der Waals surface area contributed by atoms with Gasteiger partial charge in [0, 0.05) is 11.1 Å². The summed E-state index contributed by atoms with van der Waals surface area (Å²) in [4.78, 5) is 19.3. The third-order valence-electron chi connectivity index (χ3n) is 3.85. The SMILES string of the molecule is Cc1nc([C@H]2Nc3ccccc3C(=O)N2Cc2ccco2)cs1. The van der Waals surface area contributed by atoms with E-state index in [0.717, 1.165) is 22.1 Å². The third-order valence-corrected chi connectivity index (χ3v) is 4.64. The largest absolute Gasteiger partial charge is 0.467 e. The average molecular weight is 325 g/mol. The maximum Gasteiger partial charge on any atom is 0.258 e. The Morgan fingerprint density at radius 3 is 2.91 bits per heavy atom. The minimum Gasteiger partial charge on any atom is -0.467 e. The van der Waals surface area contributed by atoms with E-state index in [1.807, 2.05) is 48.7 Å². The highest BCUT2D eigenvalue weighted by Gasteiger charge is 2.34. The predicted molar refractivity (Wildman–Crippen MR) is 88.2 cm³/mol. The fourth-order valence-electron chi connectivity index (χ4n) is 2.77. The third kappa shape index (κ3) is 2.51. The number of benzene rings is 1. The summed E-state index contributed by atoms with van der Waals surface area (Å²) in [5, 5.41) is 6.39. The Hall–Kier alpha value is -2.60. The maximum atomic E-state index is 13.0. The number of hydrogen-bond donors (Lipinski definition) is 1. The number of hydrogen-bond acceptors (Lipinski definition) is 5. The van der Waals surface area contributed by atoms with Crippen molar-refractivity contribution < 1.29 is 9.21 Å². The van der Waals surface area contributed by atoms with Crippen molar-refractivity contribution in [2.24, 2.45) is 0 Å². The van der Waals surface area contributed by atoms with Crippen LogP contribution in [0.25, 0.3) is 0 Å². The number of rotatable bonds is 3. The molecule has 1 aromatic carbocycles. The van der Waals surface area contributed by atoms with Gasteiger partial charge in [0.15, 0.2) is 0 Å². The molecule has 0 spiro atoms. The minimum atomic E-state index is -0.299. The van der Waals surface area contributed by atoms with Crippen LogP contribution in [-0.2, 0) is 6.54 Å². The standard InChI is InChI=1S/C17H15N3O2S/c1-11-18-15(10-23-11)16-19-14-7-3-2-6-13(14)17(21)20(16)9-12-5-4-8-22-12/h2-8,10,16,19H,9H2,1H3/t16-/m0/s1. The maximum absolute atomic E-state index is 13.0. The number of furan rings is 1. The number of nitrogens with one attached hydrogen (secondary N) is 1. The Bertz CT molecular complexity index is 841. The van der Waals surface area contributed by atoms with E-state index in [4.69, 9.17) is 4.42 Å². The van der Waals surface area contributed by atoms with E-state index < -0.39 is 0 Å². The van der Waals surface area contributed by atoms with Crippen molar-refractivity contribution >= 4 is 22.9 Å². The monoisotopic (exact) mass is 325 g/mol. The normalized spacial score (nSPS) is 17.0. The van der Waals surface area contributed by atoms with Gasteiger partial charge in [0.25, 0.3) is 5.91 Å². The van der Waals surface area contributed by atoms with Crippen LogP contribution in [0.1, 0.15) is 33.0 Å². The van der Waals surface area contributed by atoms with Gasteiger partial charge in [-0.1, -0.05) is 12.1 Å². The van der Waals surface area contributed by atoms with Crippen LogP contribution in [-0.4, -0.2) is 15.8 Å². The minimum absolute atomic E-state index is 0.0218. The molecule has 0 radical (unpaired) electrons. The molecule has 116 valence electrons. The Labute approximate surface area is 137 Å². The number of fused-ring (bicyclic) bond motifs is 1. The molecule has 0 fully saturated rings. The van der Waals surface area contributed by atoms with Crippen LogP contribution in [0.4, 0.5) is 5.69 Å². The Morgan fingerprint density at radius 2 is 2.17 bits per heavy atom. The first kappa shape index (κ1) is 14.0. The van der Waals surface area contributed by atoms with Gasteiger partial charge in [0.05, 0.1) is 29.1 Å². The summed E-state index contributed by atoms with van der Waals surface area (Å²) in [6, 6.07) is 11.2. The lowest BCUT2D eigenvalue weighted by Gasteiger charge is -2.36. The summed E-state index contributed by atoms with van der Waals surface area (Å²) in [5.41, 5.74) is 2.35. The number of amides is 1. The summed E-state index contributed by atoms with van der Waals surface area (Å²) in [6.45, 7) is 2.36. The van der Waals surface area contributed by atoms with Gasteiger partial charge in [0.2, 0.25) is 0 Å². The molecule has 23 heavy (non-hydrogen) atoms. The Balaban J connectivity index is 1.76. The summed E-state index contributed by atoms with van der Waals surface area (Å²) in [7, 11) is 0. The molecule has 1 amide bonds. The van der Waals surface area contributed by atoms with Crippen LogP contribution in [0.5, 0.6) is 0 Å². The van der Waals surface area contributed by atoms with Crippen molar-refractivity contribution in [3.63, 3.8) is 0 Å². The molecule has 3 aromatic rings. The first-order valence-electron chi connectivity index (χ1n) is 7.33. The molecule has 0 unspecified atom stereocenters. The number of aryl methyl sites for hydroxylation is 1. The molecular formula is C17H15N3O2S. The van der Waals surface area contributed by atoms with E-state index in [2.05, 4.69) is 10.3 Å². The van der Waals surface area contributed by atoms with Crippen molar-refractivity contribution in [1.29, 1.82) is 0 Å². The van der Waals surface area contributed by atoms with Gasteiger partial charge < -0.3 is 14.6 Å². The first-order valence-corrected chi connectivity index (χ1v) is 8.21. The van der Waals surface area contributed by atoms with Crippen molar-refractivity contribution in [2.75, 3.05) is 5.32 Å². The highest BCUT2D eigenvalue weighted by molar-refractivity contribution is 7.09. The van der Waals surface area contributed by atoms with Gasteiger partial charge in [-0.3, -0.25) is 4.79 Å². The van der Waals surface area contributed by atoms with E-state index in [1.165, 1.54) is 0 Å². The van der Waals surface area contributed by atoms with Crippen molar-refractivity contribution in [1.82, 2.24) is 9.88 Å². The fraction of sp³-hybridized carbons (Fsp3) is 0.176. The van der Waals surface area contributed by atoms with Gasteiger partial charge in [0.1, 0.15) is 11.9 Å². The Kier molecular flexibility index (Phi) is 3.38. The van der Waals surface area contributed by atoms with E-state index >= 15 is 0 Å². The summed E-state index contributed by atoms with van der Waals surface area (Å²) >= 11 is 1.58. The smallest absolute Gasteiger partial charge is 0.258 e. The zero-order chi connectivity index (χ0) is 15.8. The number of carbonyl (C=O) groups excluding carboxylic acids is 1. The van der Waals surface area contributed by atoms with Crippen LogP contribution < -0.4 is 5.32 Å². The van der Waals surface area contributed by atoms with Crippen LogP contribution in [0.2, 0.25) is 0 Å². The van der Waals surface area contributed by atoms with Crippen LogP contribution >= 0.6 is 11.3 Å². The number of thiazole rings is 1. The molecule has 3 heterocycles. The zero-order valence-electron chi connectivity index (χ0n) is 12.5. The van der Waals surface area contributed by atoms with Crippen molar-refractivity contribution in [3.8, 4) is 0 Å². The summed E-state index contributed by atoms with van der Waals surface area (Å²) < 4.78 is 5.42. The number of carbonyl (C=O) groups is 1. The quantitative estimate of drug-likeness (QED) is 0.795. The van der Waals surface area contributed by atoms with Crippen molar-refractivity contribution in [3.05, 3.63) is 70.1 Å². The van der Waals surface area contributed by atoms with Crippen LogP contribution in [0.15, 0.2) is 52.5 Å². The van der Waals surface area contributed by atoms with Gasteiger partial charge in [-0.2, -0.15) is 0 Å². The molecule has 1 aliphatic heterocycles. The van der Waals surface area contributed by atoms with Crippen molar-refractivity contribution in [2.45, 2.75) is 19.6 Å². The van der Waals surface area contributed by atoms with Crippen LogP contribution in [0.3, 0.4) is 0 Å². The van der Waals surface area contributed by atoms with Gasteiger partial charge in [-0.15, -0.1) is 11.3 Å². The fourth-order valence-corrected chi connectivity index (χ4v) is 3.40. The molecule has 4 rings (SSSR count). The number of nitrogens with zero attached hydrogens (tertiary/aromatic N) is 2. The zero-order valence-corrected chi connectivity index (χ0v) is 13.3. The molecule has 1 aliphatic rings. The lowest BCUT2D eigenvalue weighted by molar-refractivity contribution is 0.0648. The second kappa shape index (κ2) is 5.55. The predicted octanol–water partition coefficient (Wildman–Crippen LogP) is 3.81. The first-order chi connectivity index (χ1) is 11.2. The molecule has 0 saturated heterocycles. The van der Waals surface area contributed by atoms with Gasteiger partial charge >= 0.3 is 0 Å². The summed E-state index contributed by atoms with van der Waals surface area (Å²) in [6.07, 6.45) is 1.32. The molecule has 0 aliphatic carbocycles. The molecule has 0 bridgehead atoms. The molecule has 1 atom stereocenters. The van der Waals surface area contributed by atoms with Crippen LogP contribution in [0, 0.1) is 6.92 Å². The number of anilines is 1. The molecule has 2 aromatic heterocycles. The van der Waals surface area contributed by atoms with Gasteiger partial charge in [-0.05, 0) is 31.2 Å². The highest BCUT2D eigenvalue weighted by Crippen LogP contribution is 2.34. The molecule has 0 saturated carbocycles. The Morgan fingerprint density at radius 1 is 1.30 bits per heavy atom. The second-order valence-corrected chi connectivity index (χ2v) is 6.46. The van der Waals surface area contributed by atoms with E-state index in [-0.39, 0.29) is 12.1 Å². The second-order valence-electron chi connectivity index (χ2n) is 5.40. The van der Waals surface area contributed by atoms with E-state index in [9.17, 15) is 4.79 Å². The number of aromatic nitrogens is 1. The van der Waals surface area contributed by atoms with E-state index in [1.54, 1.807) is 22.5 Å². The molecule has 1 N–H and O–H groups in total.